The zero-order valence-electron chi connectivity index (χ0n) is 12.5. The van der Waals surface area contributed by atoms with Crippen molar-refractivity contribution in [2.45, 2.75) is 26.2 Å². The van der Waals surface area contributed by atoms with Crippen molar-refractivity contribution in [1.82, 2.24) is 4.98 Å². The van der Waals surface area contributed by atoms with Crippen molar-refractivity contribution in [2.24, 2.45) is 0 Å². The lowest BCUT2D eigenvalue weighted by Gasteiger charge is -2.01. The number of hydrogen-bond donors (Lipinski definition) is 1. The fraction of sp³-hybridized carbons (Fsp3) is 0.222. The summed E-state index contributed by atoms with van der Waals surface area (Å²) in [6, 6.07) is 16.2. The molecule has 0 spiro atoms. The summed E-state index contributed by atoms with van der Waals surface area (Å²) in [6.07, 6.45) is 2.17. The van der Waals surface area contributed by atoms with E-state index in [-0.39, 0.29) is 5.91 Å². The van der Waals surface area contributed by atoms with E-state index in [1.165, 1.54) is 22.5 Å². The number of carbonyl (C=O) groups is 1. The minimum Gasteiger partial charge on any atom is -0.302 e. The molecule has 2 aromatic carbocycles. The molecule has 3 rings (SSSR count). The topological polar surface area (TPSA) is 42.0 Å². The highest BCUT2D eigenvalue weighted by Gasteiger charge is 2.10. The highest BCUT2D eigenvalue weighted by molar-refractivity contribution is 7.22. The molecule has 0 aliphatic carbocycles. The fourth-order valence-corrected chi connectivity index (χ4v) is 3.36. The van der Waals surface area contributed by atoms with E-state index >= 15 is 0 Å². The number of fused-ring (bicyclic) bond motifs is 1. The van der Waals surface area contributed by atoms with Crippen LogP contribution in [0, 0.1) is 0 Å². The van der Waals surface area contributed by atoms with E-state index in [4.69, 9.17) is 0 Å². The second kappa shape index (κ2) is 6.71. The SMILES string of the molecule is CCc1cccc2sc(NC(=O)CCc3ccccc3)nc12. The van der Waals surface area contributed by atoms with Crippen LogP contribution >= 0.6 is 11.3 Å². The molecule has 0 unspecified atom stereocenters. The van der Waals surface area contributed by atoms with Crippen LogP contribution < -0.4 is 5.32 Å². The first kappa shape index (κ1) is 14.7. The molecule has 1 heterocycles. The smallest absolute Gasteiger partial charge is 0.226 e. The number of para-hydroxylation sites is 1. The average Bonchev–Trinajstić information content (AvgIpc) is 2.96. The summed E-state index contributed by atoms with van der Waals surface area (Å²) in [5, 5.41) is 3.61. The van der Waals surface area contributed by atoms with Crippen molar-refractivity contribution in [3.63, 3.8) is 0 Å². The van der Waals surface area contributed by atoms with Gasteiger partial charge in [0.25, 0.3) is 0 Å². The van der Waals surface area contributed by atoms with Crippen LogP contribution in [0.4, 0.5) is 5.13 Å². The van der Waals surface area contributed by atoms with Gasteiger partial charge in [-0.2, -0.15) is 0 Å². The zero-order chi connectivity index (χ0) is 15.4. The Labute approximate surface area is 134 Å². The molecular weight excluding hydrogens is 292 g/mol. The van der Waals surface area contributed by atoms with Gasteiger partial charge in [0.15, 0.2) is 5.13 Å². The molecule has 0 atom stereocenters. The van der Waals surface area contributed by atoms with Gasteiger partial charge in [-0.15, -0.1) is 0 Å². The van der Waals surface area contributed by atoms with Crippen LogP contribution in [0.1, 0.15) is 24.5 Å². The van der Waals surface area contributed by atoms with Crippen molar-refractivity contribution in [3.8, 4) is 0 Å². The van der Waals surface area contributed by atoms with Gasteiger partial charge in [-0.05, 0) is 30.0 Å². The third kappa shape index (κ3) is 3.34. The molecule has 0 saturated heterocycles. The molecule has 1 N–H and O–H groups in total. The van der Waals surface area contributed by atoms with Gasteiger partial charge < -0.3 is 5.32 Å². The minimum absolute atomic E-state index is 0.0148. The molecule has 1 amide bonds. The van der Waals surface area contributed by atoms with Crippen LogP contribution in [0.15, 0.2) is 48.5 Å². The van der Waals surface area contributed by atoms with Gasteiger partial charge in [0.1, 0.15) is 0 Å². The Bertz CT molecular complexity index is 780. The van der Waals surface area contributed by atoms with Crippen LogP contribution in [0.3, 0.4) is 0 Å². The van der Waals surface area contributed by atoms with E-state index in [1.807, 2.05) is 42.5 Å². The van der Waals surface area contributed by atoms with Crippen LogP contribution in [-0.2, 0) is 17.6 Å². The highest BCUT2D eigenvalue weighted by Crippen LogP contribution is 2.28. The Morgan fingerprint density at radius 3 is 2.73 bits per heavy atom. The van der Waals surface area contributed by atoms with Crippen molar-refractivity contribution in [2.75, 3.05) is 5.32 Å². The van der Waals surface area contributed by atoms with Gasteiger partial charge in [-0.3, -0.25) is 4.79 Å². The molecule has 0 aliphatic heterocycles. The predicted molar refractivity (Wildman–Crippen MR) is 92.4 cm³/mol. The summed E-state index contributed by atoms with van der Waals surface area (Å²) >= 11 is 1.53. The summed E-state index contributed by atoms with van der Waals surface area (Å²) in [7, 11) is 0. The zero-order valence-corrected chi connectivity index (χ0v) is 13.3. The number of amides is 1. The fourth-order valence-electron chi connectivity index (χ4n) is 2.43. The van der Waals surface area contributed by atoms with E-state index in [2.05, 4.69) is 23.3 Å². The standard InChI is InChI=1S/C18H18N2OS/c1-2-14-9-6-10-15-17(14)20-18(22-15)19-16(21)12-11-13-7-4-3-5-8-13/h3-10H,2,11-12H2,1H3,(H,19,20,21). The molecule has 22 heavy (non-hydrogen) atoms. The number of rotatable bonds is 5. The van der Waals surface area contributed by atoms with Gasteiger partial charge in [0.2, 0.25) is 5.91 Å². The Hall–Kier alpha value is -2.20. The highest BCUT2D eigenvalue weighted by atomic mass is 32.1. The number of aromatic nitrogens is 1. The number of aryl methyl sites for hydroxylation is 2. The number of nitrogens with zero attached hydrogens (tertiary/aromatic N) is 1. The minimum atomic E-state index is 0.0148. The molecule has 0 aliphatic rings. The molecule has 1 aromatic heterocycles. The second-order valence-corrected chi connectivity index (χ2v) is 6.20. The Kier molecular flexibility index (Phi) is 4.49. The quantitative estimate of drug-likeness (QED) is 0.757. The van der Waals surface area contributed by atoms with Crippen LogP contribution in [-0.4, -0.2) is 10.9 Å². The molecule has 112 valence electrons. The number of hydrogen-bond acceptors (Lipinski definition) is 3. The molecule has 0 bridgehead atoms. The van der Waals surface area contributed by atoms with E-state index in [0.717, 1.165) is 23.1 Å². The molecular formula is C18H18N2OS. The normalized spacial score (nSPS) is 10.8. The van der Waals surface area contributed by atoms with E-state index in [0.29, 0.717) is 11.6 Å². The first-order valence-electron chi connectivity index (χ1n) is 7.48. The Balaban J connectivity index is 1.66. The van der Waals surface area contributed by atoms with Crippen LogP contribution in [0.25, 0.3) is 10.2 Å². The van der Waals surface area contributed by atoms with Crippen molar-refractivity contribution in [3.05, 3.63) is 59.7 Å². The number of nitrogens with one attached hydrogen (secondary N) is 1. The number of thiazole rings is 1. The third-order valence-corrected chi connectivity index (χ3v) is 4.55. The second-order valence-electron chi connectivity index (χ2n) is 5.17. The molecule has 4 heteroatoms. The third-order valence-electron chi connectivity index (χ3n) is 3.61. The van der Waals surface area contributed by atoms with Gasteiger partial charge in [0, 0.05) is 6.42 Å². The van der Waals surface area contributed by atoms with Crippen LogP contribution in [0.5, 0.6) is 0 Å². The monoisotopic (exact) mass is 310 g/mol. The van der Waals surface area contributed by atoms with Crippen molar-refractivity contribution >= 4 is 32.6 Å². The lowest BCUT2D eigenvalue weighted by atomic mass is 10.1. The van der Waals surface area contributed by atoms with Crippen LogP contribution in [0.2, 0.25) is 0 Å². The first-order chi connectivity index (χ1) is 10.8. The van der Waals surface area contributed by atoms with Gasteiger partial charge >= 0.3 is 0 Å². The predicted octanol–water partition coefficient (Wildman–Crippen LogP) is 4.43. The lowest BCUT2D eigenvalue weighted by molar-refractivity contribution is -0.116. The number of carbonyl (C=O) groups excluding carboxylic acids is 1. The summed E-state index contributed by atoms with van der Waals surface area (Å²) in [4.78, 5) is 16.6. The maximum atomic E-state index is 12.1. The van der Waals surface area contributed by atoms with Crippen molar-refractivity contribution in [1.29, 1.82) is 0 Å². The van der Waals surface area contributed by atoms with E-state index in [9.17, 15) is 4.79 Å². The van der Waals surface area contributed by atoms with E-state index in [1.54, 1.807) is 0 Å². The summed E-state index contributed by atoms with van der Waals surface area (Å²) < 4.78 is 1.12. The van der Waals surface area contributed by atoms with E-state index < -0.39 is 0 Å². The van der Waals surface area contributed by atoms with Gasteiger partial charge in [-0.1, -0.05) is 60.7 Å². The summed E-state index contributed by atoms with van der Waals surface area (Å²) in [5.74, 6) is 0.0148. The largest absolute Gasteiger partial charge is 0.302 e. The maximum absolute atomic E-state index is 12.1. The average molecular weight is 310 g/mol. The number of anilines is 1. The summed E-state index contributed by atoms with van der Waals surface area (Å²) in [5.41, 5.74) is 3.40. The number of benzene rings is 2. The Morgan fingerprint density at radius 2 is 1.95 bits per heavy atom. The van der Waals surface area contributed by atoms with Gasteiger partial charge in [0.05, 0.1) is 10.2 Å². The summed E-state index contributed by atoms with van der Waals surface area (Å²) in [6.45, 7) is 2.12. The van der Waals surface area contributed by atoms with Gasteiger partial charge in [-0.25, -0.2) is 4.98 Å². The molecule has 3 aromatic rings. The lowest BCUT2D eigenvalue weighted by Crippen LogP contribution is -2.12. The first-order valence-corrected chi connectivity index (χ1v) is 8.30. The maximum Gasteiger partial charge on any atom is 0.226 e. The Morgan fingerprint density at radius 1 is 1.14 bits per heavy atom. The molecule has 0 fully saturated rings. The van der Waals surface area contributed by atoms with Crippen molar-refractivity contribution < 1.29 is 4.79 Å². The molecule has 0 radical (unpaired) electrons. The molecule has 0 saturated carbocycles. The molecule has 3 nitrogen and oxygen atoms in total.